The summed E-state index contributed by atoms with van der Waals surface area (Å²) in [6, 6.07) is 24.2. The van der Waals surface area contributed by atoms with Crippen LogP contribution >= 0.6 is 0 Å². The van der Waals surface area contributed by atoms with E-state index in [1.54, 1.807) is 42.5 Å². The molecule has 1 fully saturated rings. The first kappa shape index (κ1) is 23.3. The zero-order chi connectivity index (χ0) is 23.8. The van der Waals surface area contributed by atoms with Crippen LogP contribution in [0.4, 0.5) is 16.2 Å². The standard InChI is InChI=1S/C28H30N4O2/c29-20-23-7-4-8-25(18-23)30-28(34)31-27-10-9-26(33)19-24(27)13-16-32-14-11-22(12-15-32)17-21-5-2-1-3-6-21/h1-10,18-19,22,33H,11-17H2,(H2,30,31,34). The van der Waals surface area contributed by atoms with Gasteiger partial charge < -0.3 is 20.6 Å². The number of hydrogen-bond acceptors (Lipinski definition) is 4. The van der Waals surface area contributed by atoms with Crippen molar-refractivity contribution in [1.29, 1.82) is 5.26 Å². The SMILES string of the molecule is N#Cc1cccc(NC(=O)Nc2ccc(O)cc2CCN2CCC(Cc3ccccc3)CC2)c1. The van der Waals surface area contributed by atoms with Crippen molar-refractivity contribution in [3.05, 3.63) is 89.5 Å². The van der Waals surface area contributed by atoms with Gasteiger partial charge in [-0.1, -0.05) is 36.4 Å². The lowest BCUT2D eigenvalue weighted by Gasteiger charge is -2.32. The number of nitriles is 1. The average molecular weight is 455 g/mol. The van der Waals surface area contributed by atoms with Crippen molar-refractivity contribution in [1.82, 2.24) is 4.90 Å². The van der Waals surface area contributed by atoms with Gasteiger partial charge in [0.1, 0.15) is 5.75 Å². The minimum absolute atomic E-state index is 0.184. The first-order valence-electron chi connectivity index (χ1n) is 11.8. The Morgan fingerprint density at radius 1 is 1.00 bits per heavy atom. The number of aromatic hydroxyl groups is 1. The van der Waals surface area contributed by atoms with Crippen LogP contribution in [0.5, 0.6) is 5.75 Å². The van der Waals surface area contributed by atoms with Crippen LogP contribution in [0.2, 0.25) is 0 Å². The summed E-state index contributed by atoms with van der Waals surface area (Å²) in [5.41, 5.74) is 4.01. The summed E-state index contributed by atoms with van der Waals surface area (Å²) >= 11 is 0. The number of nitrogens with one attached hydrogen (secondary N) is 2. The van der Waals surface area contributed by atoms with Crippen LogP contribution in [0.1, 0.15) is 29.5 Å². The van der Waals surface area contributed by atoms with E-state index >= 15 is 0 Å². The van der Waals surface area contributed by atoms with Crippen molar-refractivity contribution < 1.29 is 9.90 Å². The summed E-state index contributed by atoms with van der Waals surface area (Å²) < 4.78 is 0. The molecule has 0 unspecified atom stereocenters. The number of phenolic OH excluding ortho intramolecular Hbond substituents is 1. The van der Waals surface area contributed by atoms with Gasteiger partial charge in [0.15, 0.2) is 0 Å². The number of phenols is 1. The minimum atomic E-state index is -0.385. The maximum atomic E-state index is 12.5. The summed E-state index contributed by atoms with van der Waals surface area (Å²) in [4.78, 5) is 15.0. The molecule has 0 bridgehead atoms. The maximum Gasteiger partial charge on any atom is 0.323 e. The van der Waals surface area contributed by atoms with Gasteiger partial charge in [0, 0.05) is 17.9 Å². The Labute approximate surface area is 200 Å². The second kappa shape index (κ2) is 11.4. The highest BCUT2D eigenvalue weighted by Crippen LogP contribution is 2.25. The normalized spacial score (nSPS) is 14.3. The van der Waals surface area contributed by atoms with Crippen LogP contribution in [-0.4, -0.2) is 35.7 Å². The van der Waals surface area contributed by atoms with Crippen molar-refractivity contribution in [2.45, 2.75) is 25.7 Å². The van der Waals surface area contributed by atoms with Gasteiger partial charge in [-0.3, -0.25) is 0 Å². The highest BCUT2D eigenvalue weighted by molar-refractivity contribution is 6.00. The first-order valence-corrected chi connectivity index (χ1v) is 11.8. The van der Waals surface area contributed by atoms with E-state index in [-0.39, 0.29) is 11.8 Å². The summed E-state index contributed by atoms with van der Waals surface area (Å²) in [6.45, 7) is 3.01. The van der Waals surface area contributed by atoms with Gasteiger partial charge in [0.25, 0.3) is 0 Å². The lowest BCUT2D eigenvalue weighted by Crippen LogP contribution is -2.35. The van der Waals surface area contributed by atoms with E-state index in [0.717, 1.165) is 44.0 Å². The maximum absolute atomic E-state index is 12.5. The third kappa shape index (κ3) is 6.60. The highest BCUT2D eigenvalue weighted by Gasteiger charge is 2.20. The van der Waals surface area contributed by atoms with E-state index in [2.05, 4.69) is 51.9 Å². The summed E-state index contributed by atoms with van der Waals surface area (Å²) in [6.07, 6.45) is 4.24. The number of rotatable bonds is 7. The molecule has 1 saturated heterocycles. The number of nitrogens with zero attached hydrogens (tertiary/aromatic N) is 2. The molecule has 3 aromatic rings. The fraction of sp³-hybridized carbons (Fsp3) is 0.286. The van der Waals surface area contributed by atoms with Crippen LogP contribution in [-0.2, 0) is 12.8 Å². The van der Waals surface area contributed by atoms with Crippen molar-refractivity contribution >= 4 is 17.4 Å². The lowest BCUT2D eigenvalue weighted by atomic mass is 9.90. The third-order valence-electron chi connectivity index (χ3n) is 6.36. The molecule has 4 rings (SSSR count). The molecule has 0 saturated carbocycles. The average Bonchev–Trinajstić information content (AvgIpc) is 2.86. The molecule has 3 N–H and O–H groups in total. The number of anilines is 2. The molecule has 6 heteroatoms. The molecule has 3 aromatic carbocycles. The third-order valence-corrected chi connectivity index (χ3v) is 6.36. The second-order valence-corrected chi connectivity index (χ2v) is 8.84. The van der Waals surface area contributed by atoms with Gasteiger partial charge in [0.05, 0.1) is 11.6 Å². The second-order valence-electron chi connectivity index (χ2n) is 8.84. The number of amides is 2. The Hall–Kier alpha value is -3.82. The largest absolute Gasteiger partial charge is 0.508 e. The minimum Gasteiger partial charge on any atom is -0.508 e. The molecule has 0 aromatic heterocycles. The Bertz CT molecular complexity index is 1150. The van der Waals surface area contributed by atoms with Gasteiger partial charge in [0.2, 0.25) is 0 Å². The Balaban J connectivity index is 1.30. The predicted octanol–water partition coefficient (Wildman–Crippen LogP) is 5.41. The number of piperidine rings is 1. The first-order chi connectivity index (χ1) is 16.6. The van der Waals surface area contributed by atoms with E-state index < -0.39 is 0 Å². The zero-order valence-corrected chi connectivity index (χ0v) is 19.2. The number of carbonyl (C=O) groups is 1. The smallest absolute Gasteiger partial charge is 0.323 e. The number of carbonyl (C=O) groups excluding carboxylic acids is 1. The Morgan fingerprint density at radius 3 is 2.56 bits per heavy atom. The summed E-state index contributed by atoms with van der Waals surface area (Å²) in [7, 11) is 0. The fourth-order valence-corrected chi connectivity index (χ4v) is 4.50. The van der Waals surface area contributed by atoms with Crippen LogP contribution < -0.4 is 10.6 Å². The molecule has 0 aliphatic carbocycles. The Kier molecular flexibility index (Phi) is 7.79. The molecule has 0 atom stereocenters. The number of benzene rings is 3. The molecular weight excluding hydrogens is 424 g/mol. The molecule has 1 aliphatic heterocycles. The zero-order valence-electron chi connectivity index (χ0n) is 19.2. The van der Waals surface area contributed by atoms with Crippen molar-refractivity contribution in [3.8, 4) is 11.8 Å². The lowest BCUT2D eigenvalue weighted by molar-refractivity contribution is 0.186. The topological polar surface area (TPSA) is 88.4 Å². The molecule has 2 amide bonds. The van der Waals surface area contributed by atoms with Crippen LogP contribution in [0.3, 0.4) is 0 Å². The van der Waals surface area contributed by atoms with Gasteiger partial charge in [-0.25, -0.2) is 4.79 Å². The van der Waals surface area contributed by atoms with E-state index in [1.165, 1.54) is 18.4 Å². The van der Waals surface area contributed by atoms with E-state index in [0.29, 0.717) is 16.9 Å². The monoisotopic (exact) mass is 454 g/mol. The number of hydrogen-bond donors (Lipinski definition) is 3. The van der Waals surface area contributed by atoms with Crippen LogP contribution in [0.25, 0.3) is 0 Å². The summed E-state index contributed by atoms with van der Waals surface area (Å²) in [5.74, 6) is 0.907. The number of likely N-dealkylation sites (tertiary alicyclic amines) is 1. The van der Waals surface area contributed by atoms with Gasteiger partial charge in [-0.05, 0) is 92.2 Å². The van der Waals surface area contributed by atoms with Crippen molar-refractivity contribution in [3.63, 3.8) is 0 Å². The summed E-state index contributed by atoms with van der Waals surface area (Å²) in [5, 5.41) is 24.7. The van der Waals surface area contributed by atoms with Crippen molar-refractivity contribution in [2.75, 3.05) is 30.3 Å². The van der Waals surface area contributed by atoms with Crippen molar-refractivity contribution in [2.24, 2.45) is 5.92 Å². The van der Waals surface area contributed by atoms with Gasteiger partial charge >= 0.3 is 6.03 Å². The molecular formula is C28H30N4O2. The molecule has 34 heavy (non-hydrogen) atoms. The van der Waals surface area contributed by atoms with Gasteiger partial charge in [-0.15, -0.1) is 0 Å². The van der Waals surface area contributed by atoms with E-state index in [4.69, 9.17) is 5.26 Å². The molecule has 6 nitrogen and oxygen atoms in total. The Morgan fingerprint density at radius 2 is 1.79 bits per heavy atom. The molecule has 1 heterocycles. The molecule has 174 valence electrons. The number of urea groups is 1. The quantitative estimate of drug-likeness (QED) is 0.417. The van der Waals surface area contributed by atoms with Crippen LogP contribution in [0.15, 0.2) is 72.8 Å². The van der Waals surface area contributed by atoms with Crippen LogP contribution in [0, 0.1) is 17.2 Å². The van der Waals surface area contributed by atoms with E-state index in [9.17, 15) is 9.90 Å². The fourth-order valence-electron chi connectivity index (χ4n) is 4.50. The predicted molar refractivity (Wildman–Crippen MR) is 135 cm³/mol. The molecule has 0 spiro atoms. The molecule has 0 radical (unpaired) electrons. The molecule has 1 aliphatic rings. The highest BCUT2D eigenvalue weighted by atomic mass is 16.3. The van der Waals surface area contributed by atoms with Gasteiger partial charge in [-0.2, -0.15) is 5.26 Å². The van der Waals surface area contributed by atoms with E-state index in [1.807, 2.05) is 0 Å².